The Morgan fingerprint density at radius 2 is 1.70 bits per heavy atom. The average Bonchev–Trinajstić information content (AvgIpc) is 3.08. The molecule has 1 aliphatic rings. The predicted octanol–water partition coefficient (Wildman–Crippen LogP) is 2.32. The van der Waals surface area contributed by atoms with Crippen LogP contribution in [0.15, 0.2) is 12.7 Å². The van der Waals surface area contributed by atoms with Gasteiger partial charge < -0.3 is 25.6 Å². The van der Waals surface area contributed by atoms with Gasteiger partial charge in [-0.15, -0.1) is 6.58 Å². The number of carbonyl (C=O) groups is 5. The van der Waals surface area contributed by atoms with E-state index < -0.39 is 77.6 Å². The van der Waals surface area contributed by atoms with Crippen LogP contribution in [0, 0.1) is 5.41 Å². The third-order valence-electron chi connectivity index (χ3n) is 5.47. The molecule has 0 aromatic rings. The van der Waals surface area contributed by atoms with Crippen LogP contribution in [0.4, 0.5) is 13.6 Å². The summed E-state index contributed by atoms with van der Waals surface area (Å²) >= 11 is 0. The Morgan fingerprint density at radius 3 is 2.19 bits per heavy atom. The molecule has 3 N–H and O–H groups in total. The highest BCUT2D eigenvalue weighted by molar-refractivity contribution is 6.38. The van der Waals surface area contributed by atoms with E-state index in [4.69, 9.17) is 4.74 Å². The molecule has 37 heavy (non-hydrogen) atoms. The van der Waals surface area contributed by atoms with Gasteiger partial charge in [-0.25, -0.2) is 13.6 Å². The van der Waals surface area contributed by atoms with Crippen LogP contribution in [0.5, 0.6) is 0 Å². The lowest BCUT2D eigenvalue weighted by atomic mass is 9.85. The molecule has 0 aliphatic carbocycles. The summed E-state index contributed by atoms with van der Waals surface area (Å²) in [6.07, 6.45) is 0.00435. The molecule has 10 nitrogen and oxygen atoms in total. The van der Waals surface area contributed by atoms with Crippen molar-refractivity contribution in [3.63, 3.8) is 0 Å². The predicted molar refractivity (Wildman–Crippen MR) is 133 cm³/mol. The smallest absolute Gasteiger partial charge is 0.408 e. The highest BCUT2D eigenvalue weighted by Crippen LogP contribution is 2.34. The molecule has 0 spiro atoms. The van der Waals surface area contributed by atoms with Gasteiger partial charge in [0.25, 0.3) is 11.8 Å². The van der Waals surface area contributed by atoms with Crippen LogP contribution < -0.4 is 16.0 Å². The van der Waals surface area contributed by atoms with Crippen LogP contribution in [0.25, 0.3) is 0 Å². The van der Waals surface area contributed by atoms with E-state index in [2.05, 4.69) is 22.5 Å². The molecule has 0 saturated carbocycles. The van der Waals surface area contributed by atoms with Gasteiger partial charge in [-0.1, -0.05) is 40.2 Å². The number of alkyl carbamates (subject to hydrolysis) is 1. The van der Waals surface area contributed by atoms with E-state index in [0.717, 1.165) is 0 Å². The first-order chi connectivity index (χ1) is 16.8. The van der Waals surface area contributed by atoms with Gasteiger partial charge in [0.2, 0.25) is 17.6 Å². The lowest BCUT2D eigenvalue weighted by Gasteiger charge is -2.35. The van der Waals surface area contributed by atoms with Gasteiger partial charge in [0.15, 0.2) is 0 Å². The molecule has 3 atom stereocenters. The second-order valence-corrected chi connectivity index (χ2v) is 11.2. The maximum Gasteiger partial charge on any atom is 0.408 e. The molecule has 0 radical (unpaired) electrons. The molecule has 0 bridgehead atoms. The molecule has 1 rings (SSSR count). The molecule has 2 unspecified atom stereocenters. The molecule has 1 aliphatic heterocycles. The number of alkyl halides is 2. The van der Waals surface area contributed by atoms with Crippen molar-refractivity contribution >= 4 is 29.6 Å². The fraction of sp³-hybridized carbons (Fsp3) is 0.720. The Balaban J connectivity index is 3.20. The fourth-order valence-corrected chi connectivity index (χ4v) is 3.76. The number of carbonyl (C=O) groups excluding carboxylic acids is 5. The van der Waals surface area contributed by atoms with E-state index in [-0.39, 0.29) is 13.0 Å². The number of amides is 4. The number of likely N-dealkylation sites (tertiary alicyclic amines) is 1. The maximum atomic E-state index is 14.5. The highest BCUT2D eigenvalue weighted by Gasteiger charge is 2.53. The number of ketones is 1. The number of Topliss-reactive ketones (excluding diaryl/α,β-unsaturated/α-hetero) is 1. The van der Waals surface area contributed by atoms with Crippen molar-refractivity contribution in [2.75, 3.05) is 13.1 Å². The Morgan fingerprint density at radius 1 is 1.11 bits per heavy atom. The van der Waals surface area contributed by atoms with Crippen LogP contribution in [-0.2, 0) is 23.9 Å². The number of ether oxygens (including phenoxy) is 1. The highest BCUT2D eigenvalue weighted by atomic mass is 19.3. The summed E-state index contributed by atoms with van der Waals surface area (Å²) in [5.74, 6) is -7.13. The van der Waals surface area contributed by atoms with Gasteiger partial charge in [-0.2, -0.15) is 0 Å². The van der Waals surface area contributed by atoms with Crippen LogP contribution in [0.1, 0.15) is 67.7 Å². The first-order valence-corrected chi connectivity index (χ1v) is 12.2. The minimum Gasteiger partial charge on any atom is -0.444 e. The van der Waals surface area contributed by atoms with Crippen molar-refractivity contribution in [3.05, 3.63) is 12.7 Å². The average molecular weight is 531 g/mol. The van der Waals surface area contributed by atoms with Crippen LogP contribution in [0.3, 0.4) is 0 Å². The number of rotatable bonds is 10. The lowest BCUT2D eigenvalue weighted by molar-refractivity contribution is -0.144. The number of nitrogens with zero attached hydrogens (tertiary/aromatic N) is 1. The van der Waals surface area contributed by atoms with Gasteiger partial charge >= 0.3 is 6.09 Å². The monoisotopic (exact) mass is 530 g/mol. The van der Waals surface area contributed by atoms with Gasteiger partial charge in [0.1, 0.15) is 17.7 Å². The summed E-state index contributed by atoms with van der Waals surface area (Å²) < 4.78 is 34.2. The van der Waals surface area contributed by atoms with Crippen molar-refractivity contribution in [2.45, 2.75) is 97.4 Å². The second-order valence-electron chi connectivity index (χ2n) is 11.2. The van der Waals surface area contributed by atoms with Crippen molar-refractivity contribution in [1.82, 2.24) is 20.9 Å². The third-order valence-corrected chi connectivity index (χ3v) is 5.47. The zero-order valence-electron chi connectivity index (χ0n) is 22.7. The molecule has 4 amide bonds. The number of hydrogen-bond acceptors (Lipinski definition) is 6. The van der Waals surface area contributed by atoms with Crippen molar-refractivity contribution in [2.24, 2.45) is 5.41 Å². The van der Waals surface area contributed by atoms with E-state index in [9.17, 15) is 32.8 Å². The van der Waals surface area contributed by atoms with Crippen molar-refractivity contribution in [1.29, 1.82) is 0 Å². The standard InChI is InChI=1S/C25H40F2N4O6/c1-9-11-15(17(32)20(34)28-12-10-2)29-19(33)16-13-25(26,27)14-31(16)21(35)18(23(3,4)5)30-22(36)37-24(6,7)8/h10,15-16,18H,2,9,11-14H2,1,3-8H3,(H,28,34)(H,29,33)(H,30,36)/t15?,16?,18-/m1/s1. The normalized spacial score (nSPS) is 18.8. The quantitative estimate of drug-likeness (QED) is 0.293. The molecular weight excluding hydrogens is 490 g/mol. The third kappa shape index (κ3) is 9.73. The number of halogens is 2. The van der Waals surface area contributed by atoms with Gasteiger partial charge in [0.05, 0.1) is 12.6 Å². The van der Waals surface area contributed by atoms with E-state index in [1.54, 1.807) is 48.5 Å². The van der Waals surface area contributed by atoms with Gasteiger partial charge in [-0.3, -0.25) is 19.2 Å². The lowest BCUT2D eigenvalue weighted by Crippen LogP contribution is -2.59. The molecule has 1 saturated heterocycles. The second kappa shape index (κ2) is 12.5. The molecule has 0 aromatic heterocycles. The largest absolute Gasteiger partial charge is 0.444 e. The number of nitrogens with one attached hydrogen (secondary N) is 3. The van der Waals surface area contributed by atoms with Gasteiger partial charge in [0, 0.05) is 13.0 Å². The molecule has 210 valence electrons. The van der Waals surface area contributed by atoms with Gasteiger partial charge in [-0.05, 0) is 32.6 Å². The molecule has 0 aromatic carbocycles. The summed E-state index contributed by atoms with van der Waals surface area (Å²) in [4.78, 5) is 64.3. The van der Waals surface area contributed by atoms with Crippen LogP contribution >= 0.6 is 0 Å². The van der Waals surface area contributed by atoms with E-state index in [0.29, 0.717) is 11.3 Å². The van der Waals surface area contributed by atoms with E-state index >= 15 is 0 Å². The zero-order chi connectivity index (χ0) is 28.8. The molecule has 1 fully saturated rings. The molecule has 1 heterocycles. The Labute approximate surface area is 216 Å². The SMILES string of the molecule is C=CCNC(=O)C(=O)C(CCC)NC(=O)C1CC(F)(F)CN1C(=O)[C@@H](NC(=O)OC(C)(C)C)C(C)(C)C. The molecule has 12 heteroatoms. The topological polar surface area (TPSA) is 134 Å². The Kier molecular flexibility index (Phi) is 10.8. The maximum absolute atomic E-state index is 14.5. The minimum atomic E-state index is -3.38. The minimum absolute atomic E-state index is 0.0351. The Bertz CT molecular complexity index is 895. The van der Waals surface area contributed by atoms with E-state index in [1.165, 1.54) is 6.08 Å². The zero-order valence-corrected chi connectivity index (χ0v) is 22.7. The summed E-state index contributed by atoms with van der Waals surface area (Å²) in [7, 11) is 0. The first kappa shape index (κ1) is 32.0. The van der Waals surface area contributed by atoms with Crippen molar-refractivity contribution < 1.29 is 37.5 Å². The summed E-state index contributed by atoms with van der Waals surface area (Å²) in [5, 5.41) is 7.15. The van der Waals surface area contributed by atoms with E-state index in [1.807, 2.05) is 0 Å². The van der Waals surface area contributed by atoms with Crippen LogP contribution in [0.2, 0.25) is 0 Å². The van der Waals surface area contributed by atoms with Crippen LogP contribution in [-0.4, -0.2) is 77.2 Å². The Hall–Kier alpha value is -3.05. The number of hydrogen-bond donors (Lipinski definition) is 3. The fourth-order valence-electron chi connectivity index (χ4n) is 3.76. The summed E-state index contributed by atoms with van der Waals surface area (Å²) in [6.45, 7) is 14.0. The first-order valence-electron chi connectivity index (χ1n) is 12.2. The summed E-state index contributed by atoms with van der Waals surface area (Å²) in [6, 6.07) is -4.16. The van der Waals surface area contributed by atoms with Crippen molar-refractivity contribution in [3.8, 4) is 0 Å². The summed E-state index contributed by atoms with van der Waals surface area (Å²) in [5.41, 5.74) is -1.78. The molecular formula is C25H40F2N4O6.